The van der Waals surface area contributed by atoms with Crippen molar-refractivity contribution in [1.82, 2.24) is 0 Å². The van der Waals surface area contributed by atoms with Crippen molar-refractivity contribution in [3.8, 4) is 17.2 Å². The molecule has 0 spiro atoms. The number of methoxy groups -OCH3 is 1. The smallest absolute Gasteiger partial charge is 0.504 e. The Morgan fingerprint density at radius 3 is 2.48 bits per heavy atom. The molecular formula is C16H16F3N3O3. The number of nitrogens with one attached hydrogen (secondary N) is 1. The first-order valence-corrected chi connectivity index (χ1v) is 7.06. The van der Waals surface area contributed by atoms with E-state index in [-0.39, 0.29) is 24.0 Å². The van der Waals surface area contributed by atoms with Gasteiger partial charge >= 0.3 is 6.36 Å². The number of alkyl halides is 3. The summed E-state index contributed by atoms with van der Waals surface area (Å²) in [6, 6.07) is 10.0. The van der Waals surface area contributed by atoms with E-state index in [1.54, 1.807) is 18.2 Å². The van der Waals surface area contributed by atoms with Crippen LogP contribution >= 0.6 is 0 Å². The second kappa shape index (κ2) is 7.65. The normalized spacial score (nSPS) is 11.9. The van der Waals surface area contributed by atoms with Gasteiger partial charge < -0.3 is 25.6 Å². The van der Waals surface area contributed by atoms with E-state index < -0.39 is 6.36 Å². The van der Waals surface area contributed by atoms with Gasteiger partial charge in [-0.25, -0.2) is 4.99 Å². The molecule has 25 heavy (non-hydrogen) atoms. The largest absolute Gasteiger partial charge is 0.573 e. The lowest BCUT2D eigenvalue weighted by atomic mass is 10.2. The van der Waals surface area contributed by atoms with Gasteiger partial charge in [0.15, 0.2) is 17.5 Å². The fourth-order valence-electron chi connectivity index (χ4n) is 1.96. The van der Waals surface area contributed by atoms with Gasteiger partial charge in [-0.05, 0) is 30.3 Å². The van der Waals surface area contributed by atoms with Gasteiger partial charge in [0.1, 0.15) is 5.75 Å². The van der Waals surface area contributed by atoms with E-state index in [1.165, 1.54) is 19.2 Å². The first-order valence-electron chi connectivity index (χ1n) is 7.06. The van der Waals surface area contributed by atoms with E-state index >= 15 is 0 Å². The Hall–Kier alpha value is -3.10. The highest BCUT2D eigenvalue weighted by Crippen LogP contribution is 2.29. The summed E-state index contributed by atoms with van der Waals surface area (Å²) in [6.45, 7) is 0.0944. The monoisotopic (exact) mass is 355 g/mol. The molecule has 134 valence electrons. The van der Waals surface area contributed by atoms with Crippen LogP contribution in [0, 0.1) is 0 Å². The molecule has 0 aliphatic carbocycles. The highest BCUT2D eigenvalue weighted by molar-refractivity contribution is 5.92. The fraction of sp³-hybridized carbons (Fsp3) is 0.188. The third kappa shape index (κ3) is 5.48. The van der Waals surface area contributed by atoms with Crippen molar-refractivity contribution >= 4 is 11.6 Å². The van der Waals surface area contributed by atoms with Crippen LogP contribution in [0.2, 0.25) is 0 Å². The third-order valence-corrected chi connectivity index (χ3v) is 3.08. The number of para-hydroxylation sites is 1. The molecule has 0 unspecified atom stereocenters. The molecule has 2 aromatic carbocycles. The minimum absolute atomic E-state index is 0.0322. The van der Waals surface area contributed by atoms with Gasteiger partial charge in [0.05, 0.1) is 13.7 Å². The van der Waals surface area contributed by atoms with Crippen LogP contribution in [-0.4, -0.2) is 24.5 Å². The van der Waals surface area contributed by atoms with Crippen LogP contribution in [0.5, 0.6) is 17.2 Å². The van der Waals surface area contributed by atoms with E-state index in [4.69, 9.17) is 10.5 Å². The molecule has 2 aromatic rings. The molecule has 6 nitrogen and oxygen atoms in total. The van der Waals surface area contributed by atoms with Gasteiger partial charge in [0.25, 0.3) is 0 Å². The third-order valence-electron chi connectivity index (χ3n) is 3.08. The molecule has 0 aromatic heterocycles. The number of phenolic OH excluding ortho intramolecular Hbond substituents is 1. The zero-order valence-corrected chi connectivity index (χ0v) is 13.2. The number of guanidine groups is 1. The molecule has 0 aliphatic heterocycles. The minimum atomic E-state index is -4.74. The number of aromatic hydroxyl groups is 1. The van der Waals surface area contributed by atoms with E-state index in [1.807, 2.05) is 0 Å². The Morgan fingerprint density at radius 1 is 1.20 bits per heavy atom. The summed E-state index contributed by atoms with van der Waals surface area (Å²) in [7, 11) is 1.43. The van der Waals surface area contributed by atoms with Gasteiger partial charge in [-0.1, -0.05) is 12.1 Å². The number of nitrogens with zero attached hydrogens (tertiary/aromatic N) is 1. The second-order valence-electron chi connectivity index (χ2n) is 4.87. The molecule has 0 atom stereocenters. The molecule has 0 heterocycles. The predicted molar refractivity (Wildman–Crippen MR) is 86.7 cm³/mol. The molecule has 9 heteroatoms. The molecule has 0 aliphatic rings. The first-order chi connectivity index (χ1) is 11.8. The van der Waals surface area contributed by atoms with Gasteiger partial charge in [-0.2, -0.15) is 0 Å². The molecule has 0 saturated heterocycles. The number of nitrogens with two attached hydrogens (primary N) is 1. The van der Waals surface area contributed by atoms with Crippen LogP contribution in [0.25, 0.3) is 0 Å². The number of aliphatic imine (C=N–C) groups is 1. The van der Waals surface area contributed by atoms with Gasteiger partial charge in [-0.3, -0.25) is 0 Å². The Morgan fingerprint density at radius 2 is 1.88 bits per heavy atom. The predicted octanol–water partition coefficient (Wildman–Crippen LogP) is 3.23. The zero-order valence-electron chi connectivity index (χ0n) is 13.2. The first kappa shape index (κ1) is 18.2. The Bertz CT molecular complexity index is 747. The van der Waals surface area contributed by atoms with E-state index in [0.29, 0.717) is 17.0 Å². The number of hydrogen-bond acceptors (Lipinski definition) is 4. The molecule has 0 saturated carbocycles. The average molecular weight is 355 g/mol. The lowest BCUT2D eigenvalue weighted by Crippen LogP contribution is -2.22. The fourth-order valence-corrected chi connectivity index (χ4v) is 1.96. The van der Waals surface area contributed by atoms with Crippen molar-refractivity contribution < 1.29 is 27.8 Å². The van der Waals surface area contributed by atoms with Gasteiger partial charge in [0.2, 0.25) is 0 Å². The molecule has 0 fully saturated rings. The minimum Gasteiger partial charge on any atom is -0.504 e. The Balaban J connectivity index is 1.99. The molecule has 0 bridgehead atoms. The molecule has 0 amide bonds. The average Bonchev–Trinajstić information content (AvgIpc) is 2.54. The van der Waals surface area contributed by atoms with Crippen LogP contribution in [-0.2, 0) is 6.54 Å². The topological polar surface area (TPSA) is 89.1 Å². The van der Waals surface area contributed by atoms with Crippen LogP contribution in [0.4, 0.5) is 18.9 Å². The van der Waals surface area contributed by atoms with Crippen molar-refractivity contribution in [3.63, 3.8) is 0 Å². The van der Waals surface area contributed by atoms with Crippen LogP contribution in [0.1, 0.15) is 5.56 Å². The van der Waals surface area contributed by atoms with Crippen LogP contribution in [0.15, 0.2) is 47.5 Å². The summed E-state index contributed by atoms with van der Waals surface area (Å²) in [5.41, 5.74) is 6.68. The number of anilines is 1. The van der Waals surface area contributed by atoms with Crippen LogP contribution in [0.3, 0.4) is 0 Å². The number of halogens is 3. The number of phenols is 1. The maximum Gasteiger partial charge on any atom is 0.573 e. The summed E-state index contributed by atoms with van der Waals surface area (Å²) < 4.78 is 45.1. The second-order valence-corrected chi connectivity index (χ2v) is 4.87. The van der Waals surface area contributed by atoms with Gasteiger partial charge in [-0.15, -0.1) is 13.2 Å². The summed E-state index contributed by atoms with van der Waals surface area (Å²) in [6.07, 6.45) is -4.74. The van der Waals surface area contributed by atoms with Crippen molar-refractivity contribution in [2.75, 3.05) is 12.4 Å². The molecular weight excluding hydrogens is 339 g/mol. The highest BCUT2D eigenvalue weighted by Gasteiger charge is 2.30. The molecule has 2 rings (SSSR count). The van der Waals surface area contributed by atoms with E-state index in [0.717, 1.165) is 12.1 Å². The summed E-state index contributed by atoms with van der Waals surface area (Å²) in [5.74, 6) is -0.0174. The summed E-state index contributed by atoms with van der Waals surface area (Å²) >= 11 is 0. The zero-order chi connectivity index (χ0) is 18.4. The maximum atomic E-state index is 12.1. The summed E-state index contributed by atoms with van der Waals surface area (Å²) in [5, 5.41) is 12.7. The Kier molecular flexibility index (Phi) is 5.58. The highest BCUT2D eigenvalue weighted by atomic mass is 19.4. The van der Waals surface area contributed by atoms with Crippen molar-refractivity contribution in [2.24, 2.45) is 10.7 Å². The SMILES string of the molecule is COc1cccc(CN=C(N)Nc2ccc(OC(F)(F)F)cc2)c1O. The number of hydrogen-bond donors (Lipinski definition) is 3. The maximum absolute atomic E-state index is 12.1. The van der Waals surface area contributed by atoms with E-state index in [2.05, 4.69) is 15.0 Å². The molecule has 4 N–H and O–H groups in total. The molecule has 0 radical (unpaired) electrons. The quantitative estimate of drug-likeness (QED) is 0.566. The van der Waals surface area contributed by atoms with Crippen molar-refractivity contribution in [1.29, 1.82) is 0 Å². The lowest BCUT2D eigenvalue weighted by molar-refractivity contribution is -0.274. The van der Waals surface area contributed by atoms with E-state index in [9.17, 15) is 18.3 Å². The lowest BCUT2D eigenvalue weighted by Gasteiger charge is -2.10. The standard InChI is InChI=1S/C16H16F3N3O3/c1-24-13-4-2-3-10(14(13)23)9-21-15(20)22-11-5-7-12(8-6-11)25-16(17,18)19/h2-8,23H,9H2,1H3,(H3,20,21,22). The Labute approximate surface area is 141 Å². The van der Waals surface area contributed by atoms with Crippen molar-refractivity contribution in [2.45, 2.75) is 12.9 Å². The summed E-state index contributed by atoms with van der Waals surface area (Å²) in [4.78, 5) is 4.06. The van der Waals surface area contributed by atoms with Crippen LogP contribution < -0.4 is 20.5 Å². The van der Waals surface area contributed by atoms with Gasteiger partial charge in [0, 0.05) is 11.3 Å². The number of ether oxygens (including phenoxy) is 2. The van der Waals surface area contributed by atoms with Crippen molar-refractivity contribution in [3.05, 3.63) is 48.0 Å². The number of rotatable bonds is 5. The number of benzene rings is 2.